The molecule has 0 saturated heterocycles. The van der Waals surface area contributed by atoms with E-state index in [2.05, 4.69) is 10.6 Å². The Labute approximate surface area is 152 Å². The minimum atomic E-state index is -0.304. The molecule has 1 aromatic heterocycles. The number of ether oxygens (including phenoxy) is 1. The number of benzene rings is 2. The van der Waals surface area contributed by atoms with Gasteiger partial charge in [-0.15, -0.1) is 0 Å². The molecule has 4 N–H and O–H groups in total. The number of fused-ring (bicyclic) bond motifs is 1. The maximum Gasteiger partial charge on any atom is 0.319 e. The quantitative estimate of drug-likeness (QED) is 0.662. The van der Waals surface area contributed by atoms with Gasteiger partial charge in [-0.25, -0.2) is 4.79 Å². The summed E-state index contributed by atoms with van der Waals surface area (Å²) in [5.41, 5.74) is 9.12. The van der Waals surface area contributed by atoms with Crippen molar-refractivity contribution in [3.63, 3.8) is 0 Å². The van der Waals surface area contributed by atoms with Gasteiger partial charge in [-0.1, -0.05) is 0 Å². The third-order valence-electron chi connectivity index (χ3n) is 3.93. The summed E-state index contributed by atoms with van der Waals surface area (Å²) in [6.07, 6.45) is 1.88. The summed E-state index contributed by atoms with van der Waals surface area (Å²) in [5, 5.41) is 6.69. The van der Waals surface area contributed by atoms with Crippen molar-refractivity contribution >= 4 is 28.3 Å². The highest BCUT2D eigenvalue weighted by Crippen LogP contribution is 2.29. The van der Waals surface area contributed by atoms with E-state index >= 15 is 0 Å². The summed E-state index contributed by atoms with van der Waals surface area (Å²) >= 11 is 0. The molecule has 2 aromatic carbocycles. The van der Waals surface area contributed by atoms with Gasteiger partial charge < -0.3 is 25.7 Å². The lowest BCUT2D eigenvalue weighted by Crippen LogP contribution is -2.43. The Kier molecular flexibility index (Phi) is 4.50. The molecule has 0 fully saturated rings. The minimum absolute atomic E-state index is 0.243. The number of methoxy groups -OCH3 is 1. The Morgan fingerprint density at radius 2 is 1.81 bits per heavy atom. The van der Waals surface area contributed by atoms with Crippen LogP contribution in [0.3, 0.4) is 0 Å². The Morgan fingerprint density at radius 1 is 1.12 bits per heavy atom. The summed E-state index contributed by atoms with van der Waals surface area (Å²) in [7, 11) is 1.64. The van der Waals surface area contributed by atoms with E-state index in [0.717, 1.165) is 22.3 Å². The topological polar surface area (TPSA) is 81.3 Å². The fourth-order valence-electron chi connectivity index (χ4n) is 2.79. The second kappa shape index (κ2) is 6.63. The van der Waals surface area contributed by atoms with Gasteiger partial charge in [0.1, 0.15) is 5.75 Å². The maximum atomic E-state index is 12.1. The van der Waals surface area contributed by atoms with Crippen LogP contribution in [0.2, 0.25) is 0 Å². The molecule has 0 aliphatic heterocycles. The number of anilines is 2. The van der Waals surface area contributed by atoms with E-state index in [1.807, 2.05) is 74.0 Å². The molecular weight excluding hydrogens is 328 g/mol. The first-order chi connectivity index (χ1) is 12.3. The summed E-state index contributed by atoms with van der Waals surface area (Å²) < 4.78 is 7.21. The van der Waals surface area contributed by atoms with Crippen LogP contribution in [0.15, 0.2) is 48.7 Å². The summed E-state index contributed by atoms with van der Waals surface area (Å²) in [4.78, 5) is 12.1. The molecule has 6 heteroatoms. The fourth-order valence-corrected chi connectivity index (χ4v) is 2.79. The van der Waals surface area contributed by atoms with Gasteiger partial charge in [-0.2, -0.15) is 0 Å². The van der Waals surface area contributed by atoms with Crippen LogP contribution in [0, 0.1) is 0 Å². The third kappa shape index (κ3) is 3.74. The number of hydrogen-bond acceptors (Lipinski definition) is 3. The van der Waals surface area contributed by atoms with E-state index in [1.54, 1.807) is 7.11 Å². The monoisotopic (exact) mass is 352 g/mol. The van der Waals surface area contributed by atoms with Gasteiger partial charge in [-0.3, -0.25) is 0 Å². The van der Waals surface area contributed by atoms with Crippen LogP contribution in [0.25, 0.3) is 16.6 Å². The molecule has 0 atom stereocenters. The maximum absolute atomic E-state index is 12.1. The predicted molar refractivity (Wildman–Crippen MR) is 106 cm³/mol. The average Bonchev–Trinajstić information content (AvgIpc) is 2.89. The average molecular weight is 352 g/mol. The molecule has 0 saturated carbocycles. The van der Waals surface area contributed by atoms with Crippen molar-refractivity contribution in [2.24, 2.45) is 0 Å². The molecule has 6 nitrogen and oxygen atoms in total. The van der Waals surface area contributed by atoms with E-state index < -0.39 is 0 Å². The lowest BCUT2D eigenvalue weighted by Gasteiger charge is -2.20. The van der Waals surface area contributed by atoms with E-state index in [0.29, 0.717) is 11.4 Å². The van der Waals surface area contributed by atoms with Crippen molar-refractivity contribution < 1.29 is 9.53 Å². The summed E-state index contributed by atoms with van der Waals surface area (Å²) in [5.74, 6) is 0.791. The van der Waals surface area contributed by atoms with E-state index in [1.165, 1.54) is 0 Å². The third-order valence-corrected chi connectivity index (χ3v) is 3.93. The number of carbonyl (C=O) groups excluding carboxylic acids is 1. The van der Waals surface area contributed by atoms with Gasteiger partial charge in [-0.05, 0) is 63.2 Å². The number of nitrogen functional groups attached to an aromatic ring is 1. The Morgan fingerprint density at radius 3 is 2.42 bits per heavy atom. The highest BCUT2D eigenvalue weighted by atomic mass is 16.5. The zero-order valence-corrected chi connectivity index (χ0v) is 15.5. The molecule has 26 heavy (non-hydrogen) atoms. The molecule has 0 unspecified atom stereocenters. The normalized spacial score (nSPS) is 11.4. The standard InChI is InChI=1S/C20H24N4O2/c1-20(2,3)23-19(25)22-13-5-10-16-17(21)12-24(18(16)11-13)14-6-8-15(26-4)9-7-14/h5-12H,21H2,1-4H3,(H2,22,23,25). The molecule has 3 aromatic rings. The number of nitrogens with two attached hydrogens (primary N) is 1. The molecule has 136 valence electrons. The number of urea groups is 1. The first-order valence-electron chi connectivity index (χ1n) is 8.41. The van der Waals surface area contributed by atoms with Gasteiger partial charge in [0.05, 0.1) is 18.3 Å². The minimum Gasteiger partial charge on any atom is -0.497 e. The Balaban J connectivity index is 1.96. The smallest absolute Gasteiger partial charge is 0.319 e. The SMILES string of the molecule is COc1ccc(-n2cc(N)c3ccc(NC(=O)NC(C)(C)C)cc32)cc1. The molecule has 0 aliphatic rings. The molecule has 0 spiro atoms. The van der Waals surface area contributed by atoms with Crippen molar-refractivity contribution in [2.75, 3.05) is 18.2 Å². The van der Waals surface area contributed by atoms with Crippen LogP contribution in [0.1, 0.15) is 20.8 Å². The van der Waals surface area contributed by atoms with Crippen molar-refractivity contribution in [2.45, 2.75) is 26.3 Å². The van der Waals surface area contributed by atoms with Gasteiger partial charge >= 0.3 is 6.03 Å². The van der Waals surface area contributed by atoms with Crippen LogP contribution in [-0.4, -0.2) is 23.2 Å². The number of nitrogens with zero attached hydrogens (tertiary/aromatic N) is 1. The fraction of sp³-hybridized carbons (Fsp3) is 0.250. The lowest BCUT2D eigenvalue weighted by atomic mass is 10.1. The molecule has 0 radical (unpaired) electrons. The number of aromatic nitrogens is 1. The van der Waals surface area contributed by atoms with Crippen molar-refractivity contribution in [1.82, 2.24) is 9.88 Å². The lowest BCUT2D eigenvalue weighted by molar-refractivity contribution is 0.244. The predicted octanol–water partition coefficient (Wildman–Crippen LogP) is 4.14. The first-order valence-corrected chi connectivity index (χ1v) is 8.41. The molecule has 1 heterocycles. The number of carbonyl (C=O) groups is 1. The van der Waals surface area contributed by atoms with Crippen molar-refractivity contribution in [3.8, 4) is 11.4 Å². The molecule has 3 rings (SSSR count). The van der Waals surface area contributed by atoms with Gasteiger partial charge in [0, 0.05) is 28.5 Å². The van der Waals surface area contributed by atoms with Crippen molar-refractivity contribution in [3.05, 3.63) is 48.7 Å². The van der Waals surface area contributed by atoms with Crippen LogP contribution < -0.4 is 21.1 Å². The zero-order chi connectivity index (χ0) is 18.9. The van der Waals surface area contributed by atoms with Crippen molar-refractivity contribution in [1.29, 1.82) is 0 Å². The van der Waals surface area contributed by atoms with Crippen LogP contribution in [-0.2, 0) is 0 Å². The zero-order valence-electron chi connectivity index (χ0n) is 15.5. The number of amides is 2. The molecule has 0 aliphatic carbocycles. The first kappa shape index (κ1) is 17.7. The number of hydrogen-bond donors (Lipinski definition) is 3. The van der Waals surface area contributed by atoms with Gasteiger partial charge in [0.2, 0.25) is 0 Å². The largest absolute Gasteiger partial charge is 0.497 e. The van der Waals surface area contributed by atoms with Crippen LogP contribution >= 0.6 is 0 Å². The number of nitrogens with one attached hydrogen (secondary N) is 2. The Hall–Kier alpha value is -3.15. The Bertz CT molecular complexity index is 937. The highest BCUT2D eigenvalue weighted by Gasteiger charge is 2.14. The van der Waals surface area contributed by atoms with Crippen LogP contribution in [0.5, 0.6) is 5.75 Å². The van der Waals surface area contributed by atoms with E-state index in [9.17, 15) is 4.79 Å². The van der Waals surface area contributed by atoms with E-state index in [-0.39, 0.29) is 11.6 Å². The highest BCUT2D eigenvalue weighted by molar-refractivity contribution is 5.98. The molecule has 2 amide bonds. The van der Waals surface area contributed by atoms with Gasteiger partial charge in [0.25, 0.3) is 0 Å². The summed E-state index contributed by atoms with van der Waals surface area (Å²) in [6.45, 7) is 5.81. The second-order valence-electron chi connectivity index (χ2n) is 7.21. The van der Waals surface area contributed by atoms with Gasteiger partial charge in [0.15, 0.2) is 0 Å². The summed E-state index contributed by atoms with van der Waals surface area (Å²) in [6, 6.07) is 13.2. The molecular formula is C20H24N4O2. The second-order valence-corrected chi connectivity index (χ2v) is 7.21. The van der Waals surface area contributed by atoms with Crippen LogP contribution in [0.4, 0.5) is 16.2 Å². The van der Waals surface area contributed by atoms with E-state index in [4.69, 9.17) is 10.5 Å². The molecule has 0 bridgehead atoms. The number of rotatable bonds is 3.